The normalized spacial score (nSPS) is 9.18. The van der Waals surface area contributed by atoms with E-state index in [9.17, 15) is 9.18 Å². The van der Waals surface area contributed by atoms with Gasteiger partial charge in [0.25, 0.3) is 0 Å². The highest BCUT2D eigenvalue weighted by atomic mass is 19.1. The van der Waals surface area contributed by atoms with Crippen LogP contribution < -0.4 is 11.1 Å². The quantitative estimate of drug-likeness (QED) is 0.719. The van der Waals surface area contributed by atoms with Gasteiger partial charge in [-0.25, -0.2) is 9.18 Å². The molecule has 0 fully saturated rings. The van der Waals surface area contributed by atoms with Crippen LogP contribution in [0.2, 0.25) is 0 Å². The third kappa shape index (κ3) is 3.78. The number of urea groups is 1. The molecule has 0 spiro atoms. The zero-order chi connectivity index (χ0) is 12.8. The SMILES string of the molecule is CN(C)C(=O)Nc1ccc(F)c(C#CCN)c1. The maximum absolute atomic E-state index is 13.3. The van der Waals surface area contributed by atoms with Crippen molar-refractivity contribution in [2.24, 2.45) is 5.73 Å². The van der Waals surface area contributed by atoms with Gasteiger partial charge < -0.3 is 16.0 Å². The summed E-state index contributed by atoms with van der Waals surface area (Å²) in [5.41, 5.74) is 5.92. The number of hydrogen-bond donors (Lipinski definition) is 2. The molecule has 0 aromatic heterocycles. The molecule has 1 aromatic carbocycles. The standard InChI is InChI=1S/C12H14FN3O/c1-16(2)12(17)15-10-5-6-11(13)9(8-10)4-3-7-14/h5-6,8H,7,14H2,1-2H3,(H,15,17). The molecular formula is C12H14FN3O. The average Bonchev–Trinajstić information content (AvgIpc) is 2.29. The molecule has 0 aliphatic rings. The molecule has 5 heteroatoms. The van der Waals surface area contributed by atoms with Crippen LogP contribution in [0.5, 0.6) is 0 Å². The maximum atomic E-state index is 13.3. The summed E-state index contributed by atoms with van der Waals surface area (Å²) in [5.74, 6) is 4.73. The lowest BCUT2D eigenvalue weighted by Gasteiger charge is -2.12. The molecule has 3 N–H and O–H groups in total. The summed E-state index contributed by atoms with van der Waals surface area (Å²) in [6, 6.07) is 3.92. The minimum atomic E-state index is -0.436. The summed E-state index contributed by atoms with van der Waals surface area (Å²) in [7, 11) is 3.24. The van der Waals surface area contributed by atoms with E-state index in [-0.39, 0.29) is 18.1 Å². The molecule has 1 aromatic rings. The van der Waals surface area contributed by atoms with Crippen molar-refractivity contribution in [1.82, 2.24) is 4.90 Å². The third-order valence-electron chi connectivity index (χ3n) is 1.95. The van der Waals surface area contributed by atoms with E-state index in [2.05, 4.69) is 17.2 Å². The lowest BCUT2D eigenvalue weighted by atomic mass is 10.2. The minimum Gasteiger partial charge on any atom is -0.331 e. The van der Waals surface area contributed by atoms with Crippen molar-refractivity contribution in [1.29, 1.82) is 0 Å². The maximum Gasteiger partial charge on any atom is 0.321 e. The largest absolute Gasteiger partial charge is 0.331 e. The fourth-order valence-electron chi connectivity index (χ4n) is 1.08. The summed E-state index contributed by atoms with van der Waals surface area (Å²) >= 11 is 0. The van der Waals surface area contributed by atoms with Gasteiger partial charge in [-0.15, -0.1) is 0 Å². The molecule has 0 bridgehead atoms. The molecular weight excluding hydrogens is 221 g/mol. The number of nitrogens with zero attached hydrogens (tertiary/aromatic N) is 1. The van der Waals surface area contributed by atoms with Crippen molar-refractivity contribution in [3.63, 3.8) is 0 Å². The van der Waals surface area contributed by atoms with E-state index in [0.29, 0.717) is 5.69 Å². The van der Waals surface area contributed by atoms with Crippen molar-refractivity contribution in [3.05, 3.63) is 29.6 Å². The molecule has 0 radical (unpaired) electrons. The molecule has 0 atom stereocenters. The van der Waals surface area contributed by atoms with Crippen molar-refractivity contribution >= 4 is 11.7 Å². The van der Waals surface area contributed by atoms with E-state index in [1.165, 1.54) is 23.1 Å². The Kier molecular flexibility index (Phi) is 4.49. The van der Waals surface area contributed by atoms with Gasteiger partial charge in [-0.1, -0.05) is 11.8 Å². The van der Waals surface area contributed by atoms with Gasteiger partial charge in [0.1, 0.15) is 5.82 Å². The van der Waals surface area contributed by atoms with Crippen LogP contribution in [0.3, 0.4) is 0 Å². The number of rotatable bonds is 1. The van der Waals surface area contributed by atoms with Crippen molar-refractivity contribution < 1.29 is 9.18 Å². The van der Waals surface area contributed by atoms with E-state index in [4.69, 9.17) is 5.73 Å². The van der Waals surface area contributed by atoms with Crippen LogP contribution in [0.1, 0.15) is 5.56 Å². The van der Waals surface area contributed by atoms with Gasteiger partial charge >= 0.3 is 6.03 Å². The Morgan fingerprint density at radius 3 is 2.82 bits per heavy atom. The molecule has 0 aliphatic carbocycles. The Morgan fingerprint density at radius 2 is 2.24 bits per heavy atom. The van der Waals surface area contributed by atoms with Crippen LogP contribution in [0, 0.1) is 17.7 Å². The highest BCUT2D eigenvalue weighted by Crippen LogP contribution is 2.14. The van der Waals surface area contributed by atoms with E-state index >= 15 is 0 Å². The first kappa shape index (κ1) is 13.0. The molecule has 0 aliphatic heterocycles. The summed E-state index contributed by atoms with van der Waals surface area (Å²) in [4.78, 5) is 12.8. The van der Waals surface area contributed by atoms with Gasteiger partial charge in [0.2, 0.25) is 0 Å². The van der Waals surface area contributed by atoms with Crippen molar-refractivity contribution in [2.45, 2.75) is 0 Å². The second-order valence-corrected chi connectivity index (χ2v) is 3.53. The molecule has 0 saturated carbocycles. The van der Waals surface area contributed by atoms with Gasteiger partial charge in [0.05, 0.1) is 12.1 Å². The lowest BCUT2D eigenvalue weighted by Crippen LogP contribution is -2.27. The van der Waals surface area contributed by atoms with Crippen molar-refractivity contribution in [2.75, 3.05) is 26.0 Å². The lowest BCUT2D eigenvalue weighted by molar-refractivity contribution is 0.230. The Labute approximate surface area is 99.6 Å². The molecule has 0 heterocycles. The van der Waals surface area contributed by atoms with Gasteiger partial charge in [-0.05, 0) is 18.2 Å². The summed E-state index contributed by atoms with van der Waals surface area (Å²) in [6.45, 7) is 0.160. The molecule has 2 amide bonds. The van der Waals surface area contributed by atoms with Crippen LogP contribution >= 0.6 is 0 Å². The first-order valence-corrected chi connectivity index (χ1v) is 5.01. The Bertz CT molecular complexity index is 474. The summed E-state index contributed by atoms with van der Waals surface area (Å²) in [6.07, 6.45) is 0. The number of carbonyl (C=O) groups excluding carboxylic acids is 1. The second kappa shape index (κ2) is 5.87. The van der Waals surface area contributed by atoms with Crippen LogP contribution in [-0.4, -0.2) is 31.6 Å². The van der Waals surface area contributed by atoms with Crippen LogP contribution in [0.4, 0.5) is 14.9 Å². The minimum absolute atomic E-state index is 0.160. The summed E-state index contributed by atoms with van der Waals surface area (Å²) < 4.78 is 13.3. The molecule has 90 valence electrons. The van der Waals surface area contributed by atoms with Gasteiger partial charge in [-0.3, -0.25) is 0 Å². The zero-order valence-corrected chi connectivity index (χ0v) is 9.75. The number of hydrogen-bond acceptors (Lipinski definition) is 2. The second-order valence-electron chi connectivity index (χ2n) is 3.53. The van der Waals surface area contributed by atoms with Crippen LogP contribution in [0.15, 0.2) is 18.2 Å². The first-order valence-electron chi connectivity index (χ1n) is 5.01. The third-order valence-corrected chi connectivity index (χ3v) is 1.95. The molecule has 4 nitrogen and oxygen atoms in total. The molecule has 0 saturated heterocycles. The van der Waals surface area contributed by atoms with Gasteiger partial charge in [0.15, 0.2) is 0 Å². The predicted molar refractivity (Wildman–Crippen MR) is 65.0 cm³/mol. The Hall–Kier alpha value is -2.06. The molecule has 0 unspecified atom stereocenters. The predicted octanol–water partition coefficient (Wildman–Crippen LogP) is 1.23. The number of nitrogens with one attached hydrogen (secondary N) is 1. The Morgan fingerprint density at radius 1 is 1.53 bits per heavy atom. The highest BCUT2D eigenvalue weighted by Gasteiger charge is 2.06. The fraction of sp³-hybridized carbons (Fsp3) is 0.250. The highest BCUT2D eigenvalue weighted by molar-refractivity contribution is 5.89. The number of carbonyl (C=O) groups is 1. The number of halogens is 1. The van der Waals surface area contributed by atoms with Gasteiger partial charge in [0, 0.05) is 19.8 Å². The first-order chi connectivity index (χ1) is 8.04. The molecule has 17 heavy (non-hydrogen) atoms. The van der Waals surface area contributed by atoms with Gasteiger partial charge in [-0.2, -0.15) is 0 Å². The van der Waals surface area contributed by atoms with Crippen LogP contribution in [-0.2, 0) is 0 Å². The number of anilines is 1. The summed E-state index contributed by atoms with van der Waals surface area (Å²) in [5, 5.41) is 2.61. The zero-order valence-electron chi connectivity index (χ0n) is 9.75. The topological polar surface area (TPSA) is 58.4 Å². The Balaban J connectivity index is 2.92. The van der Waals surface area contributed by atoms with E-state index < -0.39 is 5.82 Å². The number of benzene rings is 1. The average molecular weight is 235 g/mol. The van der Waals surface area contributed by atoms with E-state index in [1.54, 1.807) is 14.1 Å². The van der Waals surface area contributed by atoms with E-state index in [0.717, 1.165) is 0 Å². The number of amides is 2. The monoisotopic (exact) mass is 235 g/mol. The van der Waals surface area contributed by atoms with Crippen LogP contribution in [0.25, 0.3) is 0 Å². The molecule has 1 rings (SSSR count). The fourth-order valence-corrected chi connectivity index (χ4v) is 1.08. The van der Waals surface area contributed by atoms with E-state index in [1.807, 2.05) is 0 Å². The van der Waals surface area contributed by atoms with Crippen molar-refractivity contribution in [3.8, 4) is 11.8 Å². The number of nitrogens with two attached hydrogens (primary N) is 1. The smallest absolute Gasteiger partial charge is 0.321 e.